The van der Waals surface area contributed by atoms with E-state index < -0.39 is 0 Å². The summed E-state index contributed by atoms with van der Waals surface area (Å²) in [5, 5.41) is 4.37. The third kappa shape index (κ3) is 1.93. The van der Waals surface area contributed by atoms with Gasteiger partial charge in [-0.25, -0.2) is 0 Å². The molecule has 2 rings (SSSR count). The average Bonchev–Trinajstić information content (AvgIpc) is 2.62. The molecule has 0 amide bonds. The number of fused-ring (bicyclic) bond motifs is 1. The first-order chi connectivity index (χ1) is 7.77. The largest absolute Gasteiger partial charge is 0.480 e. The van der Waals surface area contributed by atoms with Crippen molar-refractivity contribution in [3.63, 3.8) is 0 Å². The molecule has 0 aliphatic heterocycles. The Kier molecular flexibility index (Phi) is 3.47. The van der Waals surface area contributed by atoms with Gasteiger partial charge in [0, 0.05) is 16.6 Å². The van der Waals surface area contributed by atoms with E-state index in [1.807, 2.05) is 19.2 Å². The Bertz CT molecular complexity index is 493. The number of aromatic amines is 1. The van der Waals surface area contributed by atoms with E-state index >= 15 is 0 Å². The molecule has 16 heavy (non-hydrogen) atoms. The van der Waals surface area contributed by atoms with Gasteiger partial charge in [0.15, 0.2) is 0 Å². The Hall–Kier alpha value is -1.05. The summed E-state index contributed by atoms with van der Waals surface area (Å²) in [4.78, 5) is 3.39. The van der Waals surface area contributed by atoms with Crippen molar-refractivity contribution >= 4 is 20.4 Å². The molecule has 0 fully saturated rings. The van der Waals surface area contributed by atoms with E-state index in [2.05, 4.69) is 32.8 Å². The predicted octanol–water partition coefficient (Wildman–Crippen LogP) is 2.41. The van der Waals surface area contributed by atoms with Gasteiger partial charge in [0.1, 0.15) is 5.75 Å². The summed E-state index contributed by atoms with van der Waals surface area (Å²) in [7, 11) is 4.29. The Morgan fingerprint density at radius 2 is 2.25 bits per heavy atom. The number of benzene rings is 1. The van der Waals surface area contributed by atoms with Crippen LogP contribution in [0.4, 0.5) is 0 Å². The van der Waals surface area contributed by atoms with Crippen LogP contribution in [0.3, 0.4) is 0 Å². The first-order valence-electron chi connectivity index (χ1n) is 5.39. The van der Waals surface area contributed by atoms with Crippen LogP contribution in [0.5, 0.6) is 5.75 Å². The van der Waals surface area contributed by atoms with Crippen LogP contribution in [0, 0.1) is 6.92 Å². The molecule has 2 N–H and O–H groups in total. The highest BCUT2D eigenvalue weighted by Crippen LogP contribution is 2.32. The van der Waals surface area contributed by atoms with Crippen molar-refractivity contribution in [2.45, 2.75) is 13.3 Å². The second-order valence-corrected chi connectivity index (χ2v) is 4.11. The van der Waals surface area contributed by atoms with E-state index in [9.17, 15) is 0 Å². The van der Waals surface area contributed by atoms with Gasteiger partial charge in [-0.2, -0.15) is 0 Å². The fourth-order valence-corrected chi connectivity index (χ4v) is 2.27. The van der Waals surface area contributed by atoms with Crippen LogP contribution in [0.25, 0.3) is 10.9 Å². The van der Waals surface area contributed by atoms with Crippen molar-refractivity contribution in [2.75, 3.05) is 13.6 Å². The molecule has 0 bridgehead atoms. The van der Waals surface area contributed by atoms with Gasteiger partial charge in [-0.3, -0.25) is 0 Å². The van der Waals surface area contributed by atoms with Crippen LogP contribution in [-0.2, 0) is 6.42 Å². The Morgan fingerprint density at radius 3 is 2.94 bits per heavy atom. The van der Waals surface area contributed by atoms with Crippen LogP contribution in [0.15, 0.2) is 18.2 Å². The lowest BCUT2D eigenvalue weighted by atomic mass is 10.1. The van der Waals surface area contributed by atoms with Crippen molar-refractivity contribution in [2.24, 2.45) is 0 Å². The van der Waals surface area contributed by atoms with Crippen LogP contribution in [-0.4, -0.2) is 18.6 Å². The lowest BCUT2D eigenvalue weighted by Gasteiger charge is -2.05. The molecular formula is C12H17N2OP. The zero-order chi connectivity index (χ0) is 11.5. The molecule has 3 nitrogen and oxygen atoms in total. The molecule has 1 unspecified atom stereocenters. The molecule has 4 heteroatoms. The summed E-state index contributed by atoms with van der Waals surface area (Å²) in [5.41, 5.74) is 3.70. The predicted molar refractivity (Wildman–Crippen MR) is 71.0 cm³/mol. The first-order valence-corrected chi connectivity index (χ1v) is 5.86. The molecule has 0 aliphatic rings. The van der Waals surface area contributed by atoms with Crippen molar-refractivity contribution in [1.29, 1.82) is 0 Å². The molecule has 0 saturated carbocycles. The van der Waals surface area contributed by atoms with Crippen molar-refractivity contribution in [1.82, 2.24) is 10.3 Å². The molecular weight excluding hydrogens is 219 g/mol. The maximum atomic E-state index is 5.34. The van der Waals surface area contributed by atoms with Crippen LogP contribution in [0.1, 0.15) is 11.3 Å². The average molecular weight is 236 g/mol. The molecule has 1 atom stereocenters. The number of aromatic nitrogens is 1. The molecule has 86 valence electrons. The number of nitrogens with one attached hydrogen (secondary N) is 2. The topological polar surface area (TPSA) is 37.0 Å². The molecule has 1 aromatic carbocycles. The highest BCUT2D eigenvalue weighted by molar-refractivity contribution is 7.10. The molecule has 0 saturated heterocycles. The van der Waals surface area contributed by atoms with Crippen LogP contribution < -0.4 is 9.84 Å². The second-order valence-electron chi connectivity index (χ2n) is 3.88. The minimum Gasteiger partial charge on any atom is -0.480 e. The van der Waals surface area contributed by atoms with Crippen molar-refractivity contribution < 1.29 is 4.52 Å². The van der Waals surface area contributed by atoms with Gasteiger partial charge in [0.05, 0.1) is 9.47 Å². The monoisotopic (exact) mass is 236 g/mol. The van der Waals surface area contributed by atoms with Gasteiger partial charge >= 0.3 is 0 Å². The number of rotatable bonds is 4. The zero-order valence-corrected chi connectivity index (χ0v) is 10.8. The molecule has 0 radical (unpaired) electrons. The maximum absolute atomic E-state index is 5.34. The number of hydrogen-bond acceptors (Lipinski definition) is 2. The third-order valence-corrected chi connectivity index (χ3v) is 3.11. The van der Waals surface area contributed by atoms with Gasteiger partial charge < -0.3 is 14.8 Å². The normalized spacial score (nSPS) is 10.9. The number of hydrogen-bond donors (Lipinski definition) is 2. The minimum absolute atomic E-state index is 0.915. The fourth-order valence-electron chi connectivity index (χ4n) is 2.07. The molecule has 2 aromatic rings. The maximum Gasteiger partial charge on any atom is 0.132 e. The van der Waals surface area contributed by atoms with Crippen molar-refractivity contribution in [3.05, 3.63) is 29.5 Å². The summed E-state index contributed by atoms with van der Waals surface area (Å²) in [6, 6.07) is 6.07. The number of likely N-dealkylation sites (N-methyl/N-ethyl adjacent to an activating group) is 1. The lowest BCUT2D eigenvalue weighted by molar-refractivity contribution is 0.653. The molecule has 1 heterocycles. The Balaban J connectivity index is 2.56. The minimum atomic E-state index is 0.915. The summed E-state index contributed by atoms with van der Waals surface area (Å²) < 4.78 is 5.34. The van der Waals surface area contributed by atoms with Gasteiger partial charge in [-0.1, -0.05) is 6.07 Å². The van der Waals surface area contributed by atoms with Gasteiger partial charge in [0.2, 0.25) is 0 Å². The van der Waals surface area contributed by atoms with E-state index in [-0.39, 0.29) is 0 Å². The number of aryl methyl sites for hydroxylation is 1. The first kappa shape index (κ1) is 11.4. The van der Waals surface area contributed by atoms with Crippen LogP contribution >= 0.6 is 9.47 Å². The summed E-state index contributed by atoms with van der Waals surface area (Å²) in [6.45, 7) is 3.08. The van der Waals surface area contributed by atoms with E-state index in [4.69, 9.17) is 4.52 Å². The summed E-state index contributed by atoms with van der Waals surface area (Å²) in [6.07, 6.45) is 1.01. The lowest BCUT2D eigenvalue weighted by Crippen LogP contribution is -2.10. The fraction of sp³-hybridized carbons (Fsp3) is 0.333. The SMILES string of the molecule is CNCCc1c(C)[nH]c2cccc(OP)c12. The zero-order valence-electron chi connectivity index (χ0n) is 9.63. The molecule has 0 aliphatic carbocycles. The van der Waals surface area contributed by atoms with E-state index in [1.165, 1.54) is 16.6 Å². The van der Waals surface area contributed by atoms with E-state index in [0.29, 0.717) is 0 Å². The van der Waals surface area contributed by atoms with E-state index in [1.54, 1.807) is 0 Å². The number of H-pyrrole nitrogens is 1. The Morgan fingerprint density at radius 1 is 1.44 bits per heavy atom. The quantitative estimate of drug-likeness (QED) is 0.800. The second kappa shape index (κ2) is 4.86. The molecule has 0 spiro atoms. The molecule has 1 aromatic heterocycles. The van der Waals surface area contributed by atoms with Gasteiger partial charge in [0.25, 0.3) is 0 Å². The Labute approximate surface area is 97.9 Å². The van der Waals surface area contributed by atoms with Crippen molar-refractivity contribution in [3.8, 4) is 5.75 Å². The van der Waals surface area contributed by atoms with E-state index in [0.717, 1.165) is 24.2 Å². The highest BCUT2D eigenvalue weighted by atomic mass is 31.0. The summed E-state index contributed by atoms with van der Waals surface area (Å²) in [5.74, 6) is 0.915. The smallest absolute Gasteiger partial charge is 0.132 e. The van der Waals surface area contributed by atoms with Crippen LogP contribution in [0.2, 0.25) is 0 Å². The third-order valence-electron chi connectivity index (χ3n) is 2.85. The van der Waals surface area contributed by atoms with Gasteiger partial charge in [-0.05, 0) is 44.6 Å². The highest BCUT2D eigenvalue weighted by Gasteiger charge is 2.11. The summed E-state index contributed by atoms with van der Waals surface area (Å²) >= 11 is 0. The van der Waals surface area contributed by atoms with Gasteiger partial charge in [-0.15, -0.1) is 0 Å². The standard InChI is InChI=1S/C12H17N2OP/c1-8-9(6-7-13-2)12-10(14-8)4-3-5-11(12)15-16/h3-5,13-14H,6-7,16H2,1-2H3.